The van der Waals surface area contributed by atoms with E-state index in [-0.39, 0.29) is 24.8 Å². The molecular formula is C22H22ClLiN4O2S2-2. The summed E-state index contributed by atoms with van der Waals surface area (Å²) in [6.45, 7) is 7.40. The Morgan fingerprint density at radius 3 is 2.59 bits per heavy atom. The third-order valence-electron chi connectivity index (χ3n) is 4.25. The van der Waals surface area contributed by atoms with Crippen LogP contribution in [0.3, 0.4) is 0 Å². The molecule has 0 amide bonds. The van der Waals surface area contributed by atoms with Crippen LogP contribution in [0.15, 0.2) is 42.6 Å². The molecule has 0 saturated carbocycles. The van der Waals surface area contributed by atoms with E-state index in [1.165, 1.54) is 16.0 Å². The summed E-state index contributed by atoms with van der Waals surface area (Å²) in [5.41, 5.74) is 1.74. The summed E-state index contributed by atoms with van der Waals surface area (Å²) >= 11 is 8.93. The van der Waals surface area contributed by atoms with Crippen LogP contribution in [0.4, 0.5) is 0 Å². The summed E-state index contributed by atoms with van der Waals surface area (Å²) in [5.74, 6) is 0.133. The van der Waals surface area contributed by atoms with E-state index in [1.807, 2.05) is 63.0 Å². The van der Waals surface area contributed by atoms with Gasteiger partial charge in [0.05, 0.1) is 25.6 Å². The van der Waals surface area contributed by atoms with Crippen LogP contribution >= 0.6 is 34.3 Å². The summed E-state index contributed by atoms with van der Waals surface area (Å²) in [7, 11) is 0. The van der Waals surface area contributed by atoms with E-state index in [0.717, 1.165) is 21.1 Å². The number of para-hydroxylation sites is 1. The van der Waals surface area contributed by atoms with Crippen LogP contribution in [0.25, 0.3) is 20.8 Å². The molecule has 3 heterocycles. The van der Waals surface area contributed by atoms with Crippen molar-refractivity contribution in [1.29, 1.82) is 0 Å². The van der Waals surface area contributed by atoms with Crippen molar-refractivity contribution in [2.45, 2.75) is 32.4 Å². The number of fused-ring (bicyclic) bond motifs is 1. The van der Waals surface area contributed by atoms with Crippen LogP contribution < -0.4 is 18.9 Å². The number of aliphatic hydroxyl groups excluding tert-OH is 1. The molecule has 4 aromatic rings. The Morgan fingerprint density at radius 1 is 1.25 bits per heavy atom. The third kappa shape index (κ3) is 7.17. The molecule has 1 N–H and O–H groups in total. The normalized spacial score (nSPS) is 12.6. The number of hydrogen-bond acceptors (Lipinski definition) is 7. The molecule has 0 fully saturated rings. The largest absolute Gasteiger partial charge is 1.00 e. The SMILES string of the molecule is CC(C)[C@H]([C-]=O)n1cc(-c2ccc(Cl)s2)nn1.[CH2-][C@H](O)C[CH-]c1nc2ccccc2s1.[Li+]. The molecular weight excluding hydrogens is 459 g/mol. The minimum atomic E-state index is -0.540. The molecule has 0 aliphatic heterocycles. The second kappa shape index (κ2) is 12.5. The van der Waals surface area contributed by atoms with Gasteiger partial charge < -0.3 is 23.2 Å². The standard InChI is InChI=1S/C11H11ClN3OS.C11H11NOS.Li/c1-7(2)9(6-16)15-5-8(13-14-15)10-3-4-11(12)17-10;1-8(13)6-7-11-12-9-4-2-3-5-10(9)14-11;/h3-5,7,9H,1-2H3;2-5,7-8,13H,1,6H2;/q-1;-2;+1/t9-;8-;/m00./s1. The van der Waals surface area contributed by atoms with Gasteiger partial charge in [-0.2, -0.15) is 17.8 Å². The second-order valence-corrected chi connectivity index (χ2v) is 9.89. The average Bonchev–Trinajstić information content (AvgIpc) is 3.46. The molecule has 3 aromatic heterocycles. The number of halogens is 1. The maximum absolute atomic E-state index is 10.9. The maximum atomic E-state index is 10.9. The minimum absolute atomic E-state index is 0. The number of rotatable bonds is 7. The van der Waals surface area contributed by atoms with E-state index >= 15 is 0 Å². The van der Waals surface area contributed by atoms with Gasteiger partial charge in [-0.25, -0.2) is 6.29 Å². The molecule has 2 atom stereocenters. The third-order valence-corrected chi connectivity index (χ3v) is 6.53. The molecule has 6 nitrogen and oxygen atoms in total. The first-order chi connectivity index (χ1) is 14.9. The topological polar surface area (TPSA) is 80.9 Å². The summed E-state index contributed by atoms with van der Waals surface area (Å²) in [6.07, 6.45) is 5.66. The van der Waals surface area contributed by atoms with Crippen LogP contribution in [0.5, 0.6) is 0 Å². The Morgan fingerprint density at radius 2 is 2.00 bits per heavy atom. The summed E-state index contributed by atoms with van der Waals surface area (Å²) in [6, 6.07) is 11.3. The Labute approximate surface area is 212 Å². The van der Waals surface area contributed by atoms with E-state index in [9.17, 15) is 4.79 Å². The number of hydrogen-bond donors (Lipinski definition) is 1. The Hall–Kier alpha value is -1.66. The number of nitrogens with zero attached hydrogens (tertiary/aromatic N) is 4. The summed E-state index contributed by atoms with van der Waals surface area (Å²) in [4.78, 5) is 16.2. The molecule has 0 spiro atoms. The number of aliphatic hydroxyl groups is 1. The van der Waals surface area contributed by atoms with Crippen LogP contribution in [0, 0.1) is 19.3 Å². The quantitative estimate of drug-likeness (QED) is 0.324. The molecule has 0 radical (unpaired) electrons. The summed E-state index contributed by atoms with van der Waals surface area (Å²) < 4.78 is 3.43. The molecule has 0 saturated heterocycles. The molecule has 164 valence electrons. The van der Waals surface area contributed by atoms with Gasteiger partial charge >= 0.3 is 18.9 Å². The van der Waals surface area contributed by atoms with Gasteiger partial charge in [-0.05, 0) is 41.2 Å². The van der Waals surface area contributed by atoms with Gasteiger partial charge in [0.1, 0.15) is 5.69 Å². The Balaban J connectivity index is 0.000000224. The van der Waals surface area contributed by atoms with Crippen molar-refractivity contribution in [3.8, 4) is 10.6 Å². The van der Waals surface area contributed by atoms with Crippen molar-refractivity contribution < 1.29 is 28.8 Å². The van der Waals surface area contributed by atoms with Crippen molar-refractivity contribution in [2.75, 3.05) is 0 Å². The Kier molecular flexibility index (Phi) is 10.4. The van der Waals surface area contributed by atoms with Crippen molar-refractivity contribution in [1.82, 2.24) is 20.0 Å². The van der Waals surface area contributed by atoms with Crippen molar-refractivity contribution >= 4 is 50.8 Å². The van der Waals surface area contributed by atoms with E-state index in [0.29, 0.717) is 10.8 Å². The van der Waals surface area contributed by atoms with Crippen LogP contribution in [-0.2, 0) is 4.79 Å². The van der Waals surface area contributed by atoms with Gasteiger partial charge in [-0.3, -0.25) is 9.67 Å². The molecule has 0 bridgehead atoms. The van der Waals surface area contributed by atoms with Crippen LogP contribution in [-0.4, -0.2) is 37.5 Å². The summed E-state index contributed by atoms with van der Waals surface area (Å²) in [5, 5.41) is 18.0. The molecule has 0 aliphatic rings. The first-order valence-corrected chi connectivity index (χ1v) is 11.6. The van der Waals surface area contributed by atoms with E-state index in [4.69, 9.17) is 16.7 Å². The zero-order chi connectivity index (χ0) is 22.4. The number of thiazole rings is 1. The molecule has 10 heteroatoms. The zero-order valence-corrected chi connectivity index (χ0v) is 20.5. The van der Waals surface area contributed by atoms with Gasteiger partial charge in [-0.1, -0.05) is 48.9 Å². The number of thiophene rings is 1. The van der Waals surface area contributed by atoms with Gasteiger partial charge in [-0.15, -0.1) is 16.4 Å². The predicted molar refractivity (Wildman–Crippen MR) is 127 cm³/mol. The smallest absolute Gasteiger partial charge is 0.540 e. The predicted octanol–water partition coefficient (Wildman–Crippen LogP) is 2.40. The minimum Gasteiger partial charge on any atom is -0.540 e. The van der Waals surface area contributed by atoms with Gasteiger partial charge in [0.2, 0.25) is 0 Å². The first kappa shape index (κ1) is 26.6. The van der Waals surface area contributed by atoms with Crippen LogP contribution in [0.2, 0.25) is 4.34 Å². The number of benzene rings is 1. The fourth-order valence-electron chi connectivity index (χ4n) is 2.69. The fourth-order valence-corrected chi connectivity index (χ4v) is 4.59. The fraction of sp³-hybridized carbons (Fsp3) is 0.273. The molecule has 0 unspecified atom stereocenters. The van der Waals surface area contributed by atoms with Crippen molar-refractivity contribution in [3.05, 3.63) is 65.3 Å². The van der Waals surface area contributed by atoms with E-state index < -0.39 is 12.1 Å². The Bertz CT molecular complexity index is 1090. The zero-order valence-electron chi connectivity index (χ0n) is 18.1. The average molecular weight is 481 g/mol. The second-order valence-electron chi connectivity index (χ2n) is 7.11. The van der Waals surface area contributed by atoms with Gasteiger partial charge in [0.25, 0.3) is 0 Å². The van der Waals surface area contributed by atoms with Crippen molar-refractivity contribution in [3.63, 3.8) is 0 Å². The van der Waals surface area contributed by atoms with E-state index in [1.54, 1.807) is 22.2 Å². The number of carbonyl (C=O) groups excluding carboxylic acids is 1. The maximum Gasteiger partial charge on any atom is 1.00 e. The van der Waals surface area contributed by atoms with Gasteiger partial charge in [0, 0.05) is 0 Å². The molecule has 0 aliphatic carbocycles. The first-order valence-electron chi connectivity index (χ1n) is 9.62. The van der Waals surface area contributed by atoms with Gasteiger partial charge in [0.15, 0.2) is 0 Å². The molecule has 1 aromatic carbocycles. The van der Waals surface area contributed by atoms with E-state index in [2.05, 4.69) is 22.2 Å². The number of aromatic nitrogens is 4. The van der Waals surface area contributed by atoms with Crippen LogP contribution in [0.1, 0.15) is 31.3 Å². The monoisotopic (exact) mass is 480 g/mol. The van der Waals surface area contributed by atoms with Crippen molar-refractivity contribution in [2.24, 2.45) is 5.92 Å². The molecule has 4 rings (SSSR count). The molecule has 32 heavy (non-hydrogen) atoms.